The number of anilines is 1. The molecule has 4 heteroatoms. The first kappa shape index (κ1) is 13.9. The first-order chi connectivity index (χ1) is 9.58. The Bertz CT molecular complexity index is 453. The van der Waals surface area contributed by atoms with Crippen molar-refractivity contribution in [2.24, 2.45) is 0 Å². The van der Waals surface area contributed by atoms with E-state index in [-0.39, 0.29) is 0 Å². The van der Waals surface area contributed by atoms with Gasteiger partial charge in [0.2, 0.25) is 5.95 Å². The normalized spacial score (nSPS) is 29.1. The predicted octanol–water partition coefficient (Wildman–Crippen LogP) is 2.88. The summed E-state index contributed by atoms with van der Waals surface area (Å²) >= 11 is 0. The van der Waals surface area contributed by atoms with Crippen LogP contribution in [0.5, 0.6) is 0 Å². The van der Waals surface area contributed by atoms with Gasteiger partial charge in [0.05, 0.1) is 5.69 Å². The van der Waals surface area contributed by atoms with Crippen molar-refractivity contribution >= 4 is 5.95 Å². The van der Waals surface area contributed by atoms with Gasteiger partial charge in [0.25, 0.3) is 0 Å². The lowest BCUT2D eigenvalue weighted by molar-refractivity contribution is 0.344. The smallest absolute Gasteiger partial charge is 0.206 e. The summed E-state index contributed by atoms with van der Waals surface area (Å²) in [7, 11) is 0. The molecular formula is C16H28N4. The second-order valence-corrected chi connectivity index (χ2v) is 6.73. The maximum Gasteiger partial charge on any atom is 0.206 e. The van der Waals surface area contributed by atoms with Crippen LogP contribution >= 0.6 is 0 Å². The molecule has 0 saturated carbocycles. The summed E-state index contributed by atoms with van der Waals surface area (Å²) < 4.78 is 2.34. The van der Waals surface area contributed by atoms with Crippen LogP contribution in [0.3, 0.4) is 0 Å². The second kappa shape index (κ2) is 5.40. The molecule has 1 aromatic heterocycles. The van der Waals surface area contributed by atoms with E-state index >= 15 is 0 Å². The Labute approximate surface area is 122 Å². The molecule has 2 unspecified atom stereocenters. The van der Waals surface area contributed by atoms with Crippen LogP contribution in [0, 0.1) is 6.92 Å². The molecule has 3 rings (SSSR count). The quantitative estimate of drug-likeness (QED) is 0.918. The molecule has 2 fully saturated rings. The van der Waals surface area contributed by atoms with E-state index in [1.165, 1.54) is 31.6 Å². The molecule has 2 aliphatic heterocycles. The molecule has 0 amide bonds. The van der Waals surface area contributed by atoms with Crippen LogP contribution in [-0.2, 0) is 0 Å². The minimum Gasteiger partial charge on any atom is -0.339 e. The highest BCUT2D eigenvalue weighted by Gasteiger charge is 2.36. The van der Waals surface area contributed by atoms with Gasteiger partial charge in [-0.15, -0.1) is 0 Å². The van der Waals surface area contributed by atoms with E-state index in [0.29, 0.717) is 12.1 Å². The van der Waals surface area contributed by atoms with Crippen molar-refractivity contribution < 1.29 is 0 Å². The van der Waals surface area contributed by atoms with Crippen molar-refractivity contribution in [2.75, 3.05) is 11.4 Å². The van der Waals surface area contributed by atoms with Crippen LogP contribution in [0.25, 0.3) is 0 Å². The van der Waals surface area contributed by atoms with Crippen molar-refractivity contribution in [1.29, 1.82) is 0 Å². The molecule has 3 heterocycles. The fourth-order valence-electron chi connectivity index (χ4n) is 3.94. The molecule has 0 spiro atoms. The van der Waals surface area contributed by atoms with Gasteiger partial charge >= 0.3 is 0 Å². The Morgan fingerprint density at radius 3 is 2.55 bits per heavy atom. The van der Waals surface area contributed by atoms with Gasteiger partial charge in [-0.2, -0.15) is 0 Å². The Morgan fingerprint density at radius 2 is 2.00 bits per heavy atom. The van der Waals surface area contributed by atoms with Crippen LogP contribution in [0.2, 0.25) is 0 Å². The summed E-state index contributed by atoms with van der Waals surface area (Å²) in [5.74, 6) is 1.17. The number of piperidine rings is 1. The average molecular weight is 276 g/mol. The van der Waals surface area contributed by atoms with E-state index in [2.05, 4.69) is 48.7 Å². The number of imidazole rings is 1. The SMILES string of the molecule is CCN(c1nc(C)cn1C(C)C)C1CC2CCC(C1)N2. The molecule has 2 atom stereocenters. The largest absolute Gasteiger partial charge is 0.339 e. The molecule has 112 valence electrons. The number of hydrogen-bond acceptors (Lipinski definition) is 3. The third kappa shape index (κ3) is 2.46. The number of fused-ring (bicyclic) bond motifs is 2. The Hall–Kier alpha value is -1.03. The molecule has 20 heavy (non-hydrogen) atoms. The summed E-state index contributed by atoms with van der Waals surface area (Å²) in [5, 5.41) is 3.74. The lowest BCUT2D eigenvalue weighted by atomic mass is 9.98. The number of hydrogen-bond donors (Lipinski definition) is 1. The van der Waals surface area contributed by atoms with Crippen molar-refractivity contribution in [1.82, 2.24) is 14.9 Å². The van der Waals surface area contributed by atoms with E-state index in [0.717, 1.165) is 24.3 Å². The summed E-state index contributed by atoms with van der Waals surface area (Å²) in [6.07, 6.45) is 7.45. The molecule has 4 nitrogen and oxygen atoms in total. The number of rotatable bonds is 4. The number of nitrogens with zero attached hydrogens (tertiary/aromatic N) is 3. The molecule has 2 aliphatic rings. The van der Waals surface area contributed by atoms with Gasteiger partial charge in [0.1, 0.15) is 0 Å². The fraction of sp³-hybridized carbons (Fsp3) is 0.812. The van der Waals surface area contributed by atoms with Crippen LogP contribution in [0.4, 0.5) is 5.95 Å². The van der Waals surface area contributed by atoms with E-state index in [4.69, 9.17) is 4.98 Å². The van der Waals surface area contributed by atoms with Crippen LogP contribution in [0.15, 0.2) is 6.20 Å². The molecule has 2 bridgehead atoms. The standard InChI is InChI=1S/C16H28N4/c1-5-19(15-8-13-6-7-14(9-15)18-13)16-17-12(4)10-20(16)11(2)3/h10-11,13-15,18H,5-9H2,1-4H3. The topological polar surface area (TPSA) is 33.1 Å². The van der Waals surface area contributed by atoms with Gasteiger partial charge in [0.15, 0.2) is 0 Å². The highest BCUT2D eigenvalue weighted by molar-refractivity contribution is 5.36. The van der Waals surface area contributed by atoms with Crippen molar-refractivity contribution in [3.63, 3.8) is 0 Å². The van der Waals surface area contributed by atoms with E-state index in [9.17, 15) is 0 Å². The van der Waals surface area contributed by atoms with Crippen LogP contribution in [-0.4, -0.2) is 34.2 Å². The van der Waals surface area contributed by atoms with Gasteiger partial charge in [-0.3, -0.25) is 0 Å². The van der Waals surface area contributed by atoms with Gasteiger partial charge in [-0.25, -0.2) is 4.98 Å². The minimum absolute atomic E-state index is 0.471. The van der Waals surface area contributed by atoms with Crippen molar-refractivity contribution in [2.45, 2.75) is 77.5 Å². The summed E-state index contributed by atoms with van der Waals surface area (Å²) in [4.78, 5) is 7.36. The van der Waals surface area contributed by atoms with E-state index in [1.807, 2.05) is 0 Å². The predicted molar refractivity (Wildman–Crippen MR) is 83.3 cm³/mol. The number of nitrogens with one attached hydrogen (secondary N) is 1. The highest BCUT2D eigenvalue weighted by atomic mass is 15.3. The number of aromatic nitrogens is 2. The van der Waals surface area contributed by atoms with Crippen molar-refractivity contribution in [3.8, 4) is 0 Å². The molecule has 0 radical (unpaired) electrons. The van der Waals surface area contributed by atoms with Gasteiger partial charge < -0.3 is 14.8 Å². The summed E-state index contributed by atoms with van der Waals surface area (Å²) in [6.45, 7) is 9.89. The van der Waals surface area contributed by atoms with E-state index in [1.54, 1.807) is 0 Å². The summed E-state index contributed by atoms with van der Waals surface area (Å²) in [6, 6.07) is 2.59. The summed E-state index contributed by atoms with van der Waals surface area (Å²) in [5.41, 5.74) is 1.13. The average Bonchev–Trinajstić information content (AvgIpc) is 2.94. The monoisotopic (exact) mass is 276 g/mol. The Balaban J connectivity index is 1.86. The number of aryl methyl sites for hydroxylation is 1. The molecular weight excluding hydrogens is 248 g/mol. The molecule has 2 saturated heterocycles. The zero-order chi connectivity index (χ0) is 14.3. The minimum atomic E-state index is 0.471. The maximum absolute atomic E-state index is 4.82. The first-order valence-electron chi connectivity index (χ1n) is 8.16. The Kier molecular flexibility index (Phi) is 3.76. The van der Waals surface area contributed by atoms with Crippen molar-refractivity contribution in [3.05, 3.63) is 11.9 Å². The van der Waals surface area contributed by atoms with Gasteiger partial charge in [-0.1, -0.05) is 0 Å². The third-order valence-electron chi connectivity index (χ3n) is 4.88. The third-order valence-corrected chi connectivity index (χ3v) is 4.88. The van der Waals surface area contributed by atoms with Crippen LogP contribution < -0.4 is 10.2 Å². The van der Waals surface area contributed by atoms with E-state index < -0.39 is 0 Å². The zero-order valence-electron chi connectivity index (χ0n) is 13.3. The molecule has 1 N–H and O–H groups in total. The lowest BCUT2D eigenvalue weighted by Crippen LogP contribution is -2.49. The molecule has 1 aromatic rings. The lowest BCUT2D eigenvalue weighted by Gasteiger charge is -2.38. The van der Waals surface area contributed by atoms with Crippen LogP contribution in [0.1, 0.15) is 58.2 Å². The Morgan fingerprint density at radius 1 is 1.35 bits per heavy atom. The van der Waals surface area contributed by atoms with Gasteiger partial charge in [-0.05, 0) is 53.4 Å². The maximum atomic E-state index is 4.82. The zero-order valence-corrected chi connectivity index (χ0v) is 13.3. The molecule has 0 aromatic carbocycles. The highest BCUT2D eigenvalue weighted by Crippen LogP contribution is 2.32. The fourth-order valence-corrected chi connectivity index (χ4v) is 3.94. The first-order valence-corrected chi connectivity index (χ1v) is 8.16. The molecule has 0 aliphatic carbocycles. The van der Waals surface area contributed by atoms with Gasteiger partial charge in [0, 0.05) is 36.9 Å². The second-order valence-electron chi connectivity index (χ2n) is 6.73.